The second kappa shape index (κ2) is 11.2. The first-order chi connectivity index (χ1) is 14.4. The SMILES string of the molecule is COC(=O)COc1cccc(C=NNC(=O)C(C)NC(=O)c2ccc(OC)cc2)c1. The number of amides is 2. The van der Waals surface area contributed by atoms with Crippen molar-refractivity contribution in [3.63, 3.8) is 0 Å². The Bertz CT molecular complexity index is 911. The molecule has 2 aromatic carbocycles. The molecule has 2 N–H and O–H groups in total. The summed E-state index contributed by atoms with van der Waals surface area (Å²) in [4.78, 5) is 35.5. The molecule has 0 radical (unpaired) electrons. The lowest BCUT2D eigenvalue weighted by atomic mass is 10.2. The molecule has 0 bridgehead atoms. The molecule has 30 heavy (non-hydrogen) atoms. The zero-order chi connectivity index (χ0) is 21.9. The van der Waals surface area contributed by atoms with Gasteiger partial charge < -0.3 is 19.5 Å². The molecule has 0 aromatic heterocycles. The van der Waals surface area contributed by atoms with Crippen molar-refractivity contribution in [2.75, 3.05) is 20.8 Å². The van der Waals surface area contributed by atoms with Crippen LogP contribution in [0.3, 0.4) is 0 Å². The normalized spacial score (nSPS) is 11.4. The standard InChI is InChI=1S/C21H23N3O6/c1-14(23-21(27)16-7-9-17(28-2)10-8-16)20(26)24-22-12-15-5-4-6-18(11-15)30-13-19(25)29-3/h4-12,14H,13H2,1-3H3,(H,23,27)(H,24,26). The number of nitrogens with zero attached hydrogens (tertiary/aromatic N) is 1. The molecule has 0 aliphatic rings. The van der Waals surface area contributed by atoms with Crippen molar-refractivity contribution in [3.05, 3.63) is 59.7 Å². The predicted molar refractivity (Wildman–Crippen MR) is 110 cm³/mol. The highest BCUT2D eigenvalue weighted by Crippen LogP contribution is 2.12. The fourth-order valence-electron chi connectivity index (χ4n) is 2.24. The number of carbonyl (C=O) groups excluding carboxylic acids is 3. The maximum atomic E-state index is 12.2. The number of carbonyl (C=O) groups is 3. The molecule has 2 rings (SSSR count). The van der Waals surface area contributed by atoms with Crippen LogP contribution in [0.2, 0.25) is 0 Å². The third-order valence-electron chi connectivity index (χ3n) is 3.92. The fraction of sp³-hybridized carbons (Fsp3) is 0.238. The number of hydrazone groups is 1. The van der Waals surface area contributed by atoms with Gasteiger partial charge in [-0.25, -0.2) is 10.2 Å². The van der Waals surface area contributed by atoms with Crippen LogP contribution in [0.1, 0.15) is 22.8 Å². The van der Waals surface area contributed by atoms with Crippen molar-refractivity contribution >= 4 is 24.0 Å². The number of nitrogens with one attached hydrogen (secondary N) is 2. The number of hydrogen-bond donors (Lipinski definition) is 2. The molecular weight excluding hydrogens is 390 g/mol. The molecule has 0 aliphatic heterocycles. The van der Waals surface area contributed by atoms with Crippen molar-refractivity contribution in [1.29, 1.82) is 0 Å². The van der Waals surface area contributed by atoms with Crippen LogP contribution >= 0.6 is 0 Å². The Morgan fingerprint density at radius 2 is 1.80 bits per heavy atom. The van der Waals surface area contributed by atoms with Gasteiger partial charge in [0.15, 0.2) is 6.61 Å². The average molecular weight is 413 g/mol. The van der Waals surface area contributed by atoms with E-state index >= 15 is 0 Å². The highest BCUT2D eigenvalue weighted by Gasteiger charge is 2.16. The second-order valence-corrected chi connectivity index (χ2v) is 6.10. The van der Waals surface area contributed by atoms with E-state index in [2.05, 4.69) is 20.6 Å². The van der Waals surface area contributed by atoms with Gasteiger partial charge in [-0.3, -0.25) is 9.59 Å². The quantitative estimate of drug-likeness (QED) is 0.366. The molecule has 9 heteroatoms. The number of rotatable bonds is 9. The first-order valence-electron chi connectivity index (χ1n) is 9.00. The summed E-state index contributed by atoms with van der Waals surface area (Å²) in [6.07, 6.45) is 1.42. The summed E-state index contributed by atoms with van der Waals surface area (Å²) < 4.78 is 14.8. The summed E-state index contributed by atoms with van der Waals surface area (Å²) in [5.41, 5.74) is 3.42. The maximum absolute atomic E-state index is 12.2. The average Bonchev–Trinajstić information content (AvgIpc) is 2.77. The van der Waals surface area contributed by atoms with Crippen LogP contribution < -0.4 is 20.2 Å². The molecule has 0 saturated carbocycles. The van der Waals surface area contributed by atoms with Crippen LogP contribution in [0.15, 0.2) is 53.6 Å². The van der Waals surface area contributed by atoms with Gasteiger partial charge in [0.25, 0.3) is 11.8 Å². The fourth-order valence-corrected chi connectivity index (χ4v) is 2.24. The van der Waals surface area contributed by atoms with Crippen LogP contribution in [0.4, 0.5) is 0 Å². The number of esters is 1. The summed E-state index contributed by atoms with van der Waals surface area (Å²) in [5.74, 6) is -0.278. The molecule has 0 fully saturated rings. The van der Waals surface area contributed by atoms with Gasteiger partial charge in [0, 0.05) is 5.56 Å². The van der Waals surface area contributed by atoms with Gasteiger partial charge in [-0.2, -0.15) is 5.10 Å². The molecule has 1 unspecified atom stereocenters. The van der Waals surface area contributed by atoms with Crippen LogP contribution in [0, 0.1) is 0 Å². The van der Waals surface area contributed by atoms with Crippen LogP contribution in [-0.2, 0) is 14.3 Å². The first kappa shape index (κ1) is 22.4. The van der Waals surface area contributed by atoms with Crippen LogP contribution in [0.25, 0.3) is 0 Å². The first-order valence-corrected chi connectivity index (χ1v) is 9.00. The monoisotopic (exact) mass is 413 g/mol. The summed E-state index contributed by atoms with van der Waals surface area (Å²) in [6, 6.07) is 12.5. The molecule has 2 amide bonds. The van der Waals surface area contributed by atoms with Crippen LogP contribution in [0.5, 0.6) is 11.5 Å². The zero-order valence-corrected chi connectivity index (χ0v) is 16.9. The third-order valence-corrected chi connectivity index (χ3v) is 3.92. The topological polar surface area (TPSA) is 115 Å². The van der Waals surface area contributed by atoms with Crippen molar-refractivity contribution in [1.82, 2.24) is 10.7 Å². The van der Waals surface area contributed by atoms with Gasteiger partial charge in [0.2, 0.25) is 0 Å². The Morgan fingerprint density at radius 1 is 1.07 bits per heavy atom. The number of ether oxygens (including phenoxy) is 3. The van der Waals surface area contributed by atoms with Crippen molar-refractivity contribution < 1.29 is 28.6 Å². The van der Waals surface area contributed by atoms with Crippen molar-refractivity contribution in [3.8, 4) is 11.5 Å². The minimum atomic E-state index is -0.800. The molecule has 0 aliphatic carbocycles. The lowest BCUT2D eigenvalue weighted by Crippen LogP contribution is -2.43. The molecule has 9 nitrogen and oxygen atoms in total. The van der Waals surface area contributed by atoms with Gasteiger partial charge in [-0.05, 0) is 48.9 Å². The van der Waals surface area contributed by atoms with E-state index < -0.39 is 17.9 Å². The van der Waals surface area contributed by atoms with Gasteiger partial charge in [-0.15, -0.1) is 0 Å². The number of methoxy groups -OCH3 is 2. The summed E-state index contributed by atoms with van der Waals surface area (Å²) in [7, 11) is 2.81. The Kier molecular flexibility index (Phi) is 8.37. The highest BCUT2D eigenvalue weighted by molar-refractivity contribution is 5.97. The lowest BCUT2D eigenvalue weighted by Gasteiger charge is -2.12. The van der Waals surface area contributed by atoms with Gasteiger partial charge in [0.05, 0.1) is 20.4 Å². The molecule has 0 heterocycles. The molecular formula is C21H23N3O6. The van der Waals surface area contributed by atoms with E-state index in [9.17, 15) is 14.4 Å². The summed E-state index contributed by atoms with van der Waals surface area (Å²) in [5, 5.41) is 6.47. The van der Waals surface area contributed by atoms with Crippen molar-refractivity contribution in [2.45, 2.75) is 13.0 Å². The molecule has 0 spiro atoms. The maximum Gasteiger partial charge on any atom is 0.343 e. The minimum absolute atomic E-state index is 0.209. The summed E-state index contributed by atoms with van der Waals surface area (Å²) >= 11 is 0. The van der Waals surface area contributed by atoms with Crippen molar-refractivity contribution in [2.24, 2.45) is 5.10 Å². The number of hydrogen-bond acceptors (Lipinski definition) is 7. The molecule has 158 valence electrons. The highest BCUT2D eigenvalue weighted by atomic mass is 16.6. The lowest BCUT2D eigenvalue weighted by molar-refractivity contribution is -0.142. The number of benzene rings is 2. The van der Waals surface area contributed by atoms with E-state index in [-0.39, 0.29) is 12.5 Å². The molecule has 1 atom stereocenters. The van der Waals surface area contributed by atoms with Gasteiger partial charge in [0.1, 0.15) is 17.5 Å². The molecule has 0 saturated heterocycles. The van der Waals surface area contributed by atoms with E-state index in [4.69, 9.17) is 9.47 Å². The zero-order valence-electron chi connectivity index (χ0n) is 16.9. The van der Waals surface area contributed by atoms with Gasteiger partial charge >= 0.3 is 5.97 Å². The van der Waals surface area contributed by atoms with E-state index in [1.54, 1.807) is 55.5 Å². The minimum Gasteiger partial charge on any atom is -0.497 e. The molecule has 2 aromatic rings. The third kappa shape index (κ3) is 6.93. The Balaban J connectivity index is 1.85. The van der Waals surface area contributed by atoms with E-state index in [0.29, 0.717) is 22.6 Å². The second-order valence-electron chi connectivity index (χ2n) is 6.10. The predicted octanol–water partition coefficient (Wildman–Crippen LogP) is 1.52. The smallest absolute Gasteiger partial charge is 0.343 e. The van der Waals surface area contributed by atoms with E-state index in [1.807, 2.05) is 0 Å². The van der Waals surface area contributed by atoms with Gasteiger partial charge in [-0.1, -0.05) is 12.1 Å². The Labute approximate surface area is 174 Å². The Hall–Kier alpha value is -3.88. The summed E-state index contributed by atoms with van der Waals surface area (Å²) in [6.45, 7) is 1.34. The van der Waals surface area contributed by atoms with E-state index in [0.717, 1.165) is 0 Å². The van der Waals surface area contributed by atoms with E-state index in [1.165, 1.54) is 20.4 Å². The largest absolute Gasteiger partial charge is 0.497 e. The van der Waals surface area contributed by atoms with Crippen LogP contribution in [-0.4, -0.2) is 50.9 Å². The Morgan fingerprint density at radius 3 is 2.47 bits per heavy atom.